The highest BCUT2D eigenvalue weighted by Crippen LogP contribution is 2.25. The fourth-order valence-corrected chi connectivity index (χ4v) is 4.20. The Balaban J connectivity index is 1.42. The standard InChI is InChI=1S/C28H25N3O2/c1-20(29-27(32)19-33-23-13-3-2-4-14-23)28-30-25-16-7-8-17-26(25)31(28)18-22-12-9-11-21-10-5-6-15-24(21)22/h2-17,20H,18-19H2,1H3,(H,29,32). The molecule has 0 bridgehead atoms. The van der Waals surface area contributed by atoms with Crippen LogP contribution in [0.2, 0.25) is 0 Å². The SMILES string of the molecule is CC(NC(=O)COc1ccccc1)c1nc2ccccc2n1Cc1cccc2ccccc12. The number of para-hydroxylation sites is 3. The predicted octanol–water partition coefficient (Wildman–Crippen LogP) is 5.49. The number of ether oxygens (including phenoxy) is 1. The largest absolute Gasteiger partial charge is 0.484 e. The van der Waals surface area contributed by atoms with Crippen molar-refractivity contribution in [2.75, 3.05) is 6.61 Å². The van der Waals surface area contributed by atoms with Gasteiger partial charge < -0.3 is 14.6 Å². The summed E-state index contributed by atoms with van der Waals surface area (Å²) in [5, 5.41) is 5.47. The number of hydrogen-bond acceptors (Lipinski definition) is 3. The third-order valence-corrected chi connectivity index (χ3v) is 5.77. The van der Waals surface area contributed by atoms with E-state index in [1.807, 2.05) is 55.5 Å². The van der Waals surface area contributed by atoms with Crippen LogP contribution in [0, 0.1) is 0 Å². The van der Waals surface area contributed by atoms with E-state index in [0.717, 1.165) is 16.9 Å². The van der Waals surface area contributed by atoms with Crippen molar-refractivity contribution in [1.82, 2.24) is 14.9 Å². The number of imidazole rings is 1. The van der Waals surface area contributed by atoms with E-state index in [9.17, 15) is 4.79 Å². The van der Waals surface area contributed by atoms with Crippen LogP contribution in [0.3, 0.4) is 0 Å². The van der Waals surface area contributed by atoms with Crippen molar-refractivity contribution in [2.24, 2.45) is 0 Å². The van der Waals surface area contributed by atoms with Crippen LogP contribution in [0.15, 0.2) is 97.1 Å². The normalized spacial score (nSPS) is 12.0. The Bertz CT molecular complexity index is 1400. The van der Waals surface area contributed by atoms with Gasteiger partial charge in [-0.1, -0.05) is 72.8 Å². The summed E-state index contributed by atoms with van der Waals surface area (Å²) in [4.78, 5) is 17.5. The van der Waals surface area contributed by atoms with Crippen molar-refractivity contribution < 1.29 is 9.53 Å². The highest BCUT2D eigenvalue weighted by Gasteiger charge is 2.19. The molecule has 1 aromatic heterocycles. The van der Waals surface area contributed by atoms with Crippen LogP contribution in [0.4, 0.5) is 0 Å². The molecule has 1 amide bonds. The highest BCUT2D eigenvalue weighted by atomic mass is 16.5. The lowest BCUT2D eigenvalue weighted by molar-refractivity contribution is -0.123. The molecule has 1 heterocycles. The number of carbonyl (C=O) groups excluding carboxylic acids is 1. The Morgan fingerprint density at radius 2 is 1.64 bits per heavy atom. The predicted molar refractivity (Wildman–Crippen MR) is 131 cm³/mol. The topological polar surface area (TPSA) is 56.1 Å². The molecule has 5 nitrogen and oxygen atoms in total. The zero-order chi connectivity index (χ0) is 22.6. The van der Waals surface area contributed by atoms with Crippen molar-refractivity contribution in [1.29, 1.82) is 0 Å². The number of nitrogens with one attached hydrogen (secondary N) is 1. The summed E-state index contributed by atoms with van der Waals surface area (Å²) < 4.78 is 7.79. The van der Waals surface area contributed by atoms with Crippen LogP contribution < -0.4 is 10.1 Å². The Morgan fingerprint density at radius 1 is 0.909 bits per heavy atom. The zero-order valence-corrected chi connectivity index (χ0v) is 18.4. The quantitative estimate of drug-likeness (QED) is 0.368. The summed E-state index contributed by atoms with van der Waals surface area (Å²) in [6, 6.07) is 31.9. The maximum atomic E-state index is 12.6. The van der Waals surface area contributed by atoms with Gasteiger partial charge in [0.05, 0.1) is 23.6 Å². The number of fused-ring (bicyclic) bond motifs is 2. The van der Waals surface area contributed by atoms with Crippen LogP contribution in [-0.2, 0) is 11.3 Å². The molecule has 0 aliphatic rings. The van der Waals surface area contributed by atoms with Crippen LogP contribution in [0.1, 0.15) is 24.4 Å². The summed E-state index contributed by atoms with van der Waals surface area (Å²) in [6.45, 7) is 2.58. The second kappa shape index (κ2) is 9.17. The monoisotopic (exact) mass is 435 g/mol. The van der Waals surface area contributed by atoms with Crippen LogP contribution in [-0.4, -0.2) is 22.1 Å². The van der Waals surface area contributed by atoms with Gasteiger partial charge in [0.2, 0.25) is 0 Å². The molecular weight excluding hydrogens is 410 g/mol. The van der Waals surface area contributed by atoms with Crippen molar-refractivity contribution in [3.63, 3.8) is 0 Å². The first-order valence-corrected chi connectivity index (χ1v) is 11.1. The lowest BCUT2D eigenvalue weighted by atomic mass is 10.0. The van der Waals surface area contributed by atoms with Gasteiger partial charge in [0, 0.05) is 0 Å². The molecule has 0 fully saturated rings. The van der Waals surface area contributed by atoms with Gasteiger partial charge in [-0.25, -0.2) is 4.98 Å². The Hall–Kier alpha value is -4.12. The van der Waals surface area contributed by atoms with E-state index >= 15 is 0 Å². The van der Waals surface area contributed by atoms with E-state index < -0.39 is 0 Å². The average molecular weight is 436 g/mol. The van der Waals surface area contributed by atoms with Crippen molar-refractivity contribution >= 4 is 27.7 Å². The fourth-order valence-electron chi connectivity index (χ4n) is 4.20. The summed E-state index contributed by atoms with van der Waals surface area (Å²) in [7, 11) is 0. The molecule has 4 aromatic carbocycles. The molecule has 1 atom stereocenters. The van der Waals surface area contributed by atoms with Gasteiger partial charge in [0.25, 0.3) is 5.91 Å². The summed E-state index contributed by atoms with van der Waals surface area (Å²) in [5.74, 6) is 1.30. The first-order valence-electron chi connectivity index (χ1n) is 11.1. The van der Waals surface area contributed by atoms with E-state index in [1.54, 1.807) is 0 Å². The Labute approximate surface area is 192 Å². The van der Waals surface area contributed by atoms with Gasteiger partial charge in [-0.05, 0) is 47.5 Å². The third kappa shape index (κ3) is 4.44. The smallest absolute Gasteiger partial charge is 0.258 e. The number of rotatable bonds is 7. The summed E-state index contributed by atoms with van der Waals surface area (Å²) in [6.07, 6.45) is 0. The first-order chi connectivity index (χ1) is 16.2. The molecule has 33 heavy (non-hydrogen) atoms. The van der Waals surface area contributed by atoms with Crippen LogP contribution in [0.25, 0.3) is 21.8 Å². The number of benzene rings is 4. The Kier molecular flexibility index (Phi) is 5.77. The van der Waals surface area contributed by atoms with E-state index in [2.05, 4.69) is 58.4 Å². The molecule has 5 heteroatoms. The molecule has 0 aliphatic carbocycles. The maximum absolute atomic E-state index is 12.6. The van der Waals surface area contributed by atoms with Gasteiger partial charge >= 0.3 is 0 Å². The average Bonchev–Trinajstić information content (AvgIpc) is 3.22. The second-order valence-electron chi connectivity index (χ2n) is 8.07. The summed E-state index contributed by atoms with van der Waals surface area (Å²) in [5.41, 5.74) is 3.17. The minimum Gasteiger partial charge on any atom is -0.484 e. The molecular formula is C28H25N3O2. The minimum atomic E-state index is -0.278. The maximum Gasteiger partial charge on any atom is 0.258 e. The van der Waals surface area contributed by atoms with Crippen molar-refractivity contribution in [3.8, 4) is 5.75 Å². The first kappa shape index (κ1) is 20.8. The van der Waals surface area contributed by atoms with E-state index in [0.29, 0.717) is 12.3 Å². The van der Waals surface area contributed by atoms with Crippen LogP contribution in [0.5, 0.6) is 5.75 Å². The number of amides is 1. The van der Waals surface area contributed by atoms with Gasteiger partial charge in [-0.3, -0.25) is 4.79 Å². The molecule has 0 aliphatic heterocycles. The minimum absolute atomic E-state index is 0.0437. The lowest BCUT2D eigenvalue weighted by Gasteiger charge is -2.17. The van der Waals surface area contributed by atoms with E-state index in [-0.39, 0.29) is 18.6 Å². The number of hydrogen-bond donors (Lipinski definition) is 1. The van der Waals surface area contributed by atoms with Crippen molar-refractivity contribution in [2.45, 2.75) is 19.5 Å². The molecule has 0 saturated carbocycles. The second-order valence-corrected chi connectivity index (χ2v) is 8.07. The molecule has 1 N–H and O–H groups in total. The number of nitrogens with zero attached hydrogens (tertiary/aromatic N) is 2. The van der Waals surface area contributed by atoms with Gasteiger partial charge in [0.1, 0.15) is 11.6 Å². The van der Waals surface area contributed by atoms with E-state index in [4.69, 9.17) is 9.72 Å². The van der Waals surface area contributed by atoms with Gasteiger partial charge in [0.15, 0.2) is 6.61 Å². The zero-order valence-electron chi connectivity index (χ0n) is 18.4. The highest BCUT2D eigenvalue weighted by molar-refractivity contribution is 5.86. The van der Waals surface area contributed by atoms with E-state index in [1.165, 1.54) is 16.3 Å². The lowest BCUT2D eigenvalue weighted by Crippen LogP contribution is -2.32. The molecule has 164 valence electrons. The van der Waals surface area contributed by atoms with Gasteiger partial charge in [-0.2, -0.15) is 0 Å². The number of carbonyl (C=O) groups is 1. The molecule has 5 aromatic rings. The molecule has 5 rings (SSSR count). The third-order valence-electron chi connectivity index (χ3n) is 5.77. The van der Waals surface area contributed by atoms with Gasteiger partial charge in [-0.15, -0.1) is 0 Å². The number of aromatic nitrogens is 2. The molecule has 1 unspecified atom stereocenters. The van der Waals surface area contributed by atoms with Crippen LogP contribution >= 0.6 is 0 Å². The summed E-state index contributed by atoms with van der Waals surface area (Å²) >= 11 is 0. The molecule has 0 saturated heterocycles. The van der Waals surface area contributed by atoms with Crippen molar-refractivity contribution in [3.05, 3.63) is 108 Å². The molecule has 0 spiro atoms. The Morgan fingerprint density at radius 3 is 2.52 bits per heavy atom. The molecule has 0 radical (unpaired) electrons. The fraction of sp³-hybridized carbons (Fsp3) is 0.143.